The van der Waals surface area contributed by atoms with E-state index in [1.165, 1.54) is 20.3 Å². The zero-order valence-corrected chi connectivity index (χ0v) is 35.3. The first-order chi connectivity index (χ1) is 30.0. The van der Waals surface area contributed by atoms with E-state index >= 15 is 4.39 Å². The first-order valence-electron chi connectivity index (χ1n) is 21.2. The Morgan fingerprint density at radius 1 is 0.774 bits per heavy atom. The number of aromatic amines is 2. The molecule has 0 aliphatic carbocycles. The highest BCUT2D eigenvalue weighted by molar-refractivity contribution is 5.88. The fourth-order valence-corrected chi connectivity index (χ4v) is 8.94. The lowest BCUT2D eigenvalue weighted by Crippen LogP contribution is -2.53. The number of hydrogen-bond donors (Lipinski definition) is 4. The van der Waals surface area contributed by atoms with Gasteiger partial charge in [0.25, 0.3) is 0 Å². The average Bonchev–Trinajstić information content (AvgIpc) is 4.14. The fraction of sp³-hybridized carbons (Fsp3) is 0.444. The number of alkyl carbamates (subject to hydrolysis) is 2. The van der Waals surface area contributed by atoms with Crippen LogP contribution in [-0.4, -0.2) is 111 Å². The number of halogens is 1. The van der Waals surface area contributed by atoms with Crippen molar-refractivity contribution in [2.45, 2.75) is 76.5 Å². The van der Waals surface area contributed by atoms with E-state index in [-0.39, 0.29) is 35.7 Å². The number of imidazole rings is 2. The quantitative estimate of drug-likeness (QED) is 0.111. The van der Waals surface area contributed by atoms with Crippen molar-refractivity contribution in [3.8, 4) is 33.8 Å². The van der Waals surface area contributed by atoms with Crippen molar-refractivity contribution in [2.24, 2.45) is 11.8 Å². The Kier molecular flexibility index (Phi) is 12.5. The molecule has 4 amide bonds. The molecule has 4 N–H and O–H groups in total. The van der Waals surface area contributed by atoms with Crippen molar-refractivity contribution >= 4 is 34.9 Å². The molecule has 17 heteroatoms. The monoisotopic (exact) mass is 849 g/mol. The molecule has 3 aliphatic rings. The largest absolute Gasteiger partial charge is 0.453 e. The van der Waals surface area contributed by atoms with Crippen LogP contribution in [0.2, 0.25) is 0 Å². The maximum Gasteiger partial charge on any atom is 0.407 e. The van der Waals surface area contributed by atoms with Crippen molar-refractivity contribution in [1.82, 2.24) is 45.4 Å². The molecule has 0 spiro atoms. The third-order valence-electron chi connectivity index (χ3n) is 12.3. The maximum absolute atomic E-state index is 15.8. The number of aromatic nitrogens is 5. The van der Waals surface area contributed by atoms with Crippen molar-refractivity contribution in [3.05, 3.63) is 78.4 Å². The normalized spacial score (nSPS) is 19.1. The van der Waals surface area contributed by atoms with Crippen LogP contribution in [0.25, 0.3) is 44.7 Å². The number of nitrogens with one attached hydrogen (secondary N) is 4. The molecule has 8 rings (SSSR count). The summed E-state index contributed by atoms with van der Waals surface area (Å²) in [5.74, 6) is 0.205. The number of amides is 4. The number of rotatable bonds is 11. The maximum atomic E-state index is 15.8. The molecular weight excluding hydrogens is 798 g/mol. The highest BCUT2D eigenvalue weighted by Crippen LogP contribution is 2.36. The Bertz CT molecular complexity index is 2450. The Labute approximate surface area is 358 Å². The minimum Gasteiger partial charge on any atom is -0.453 e. The lowest BCUT2D eigenvalue weighted by molar-refractivity contribution is -0.137. The summed E-state index contributed by atoms with van der Waals surface area (Å²) in [6.07, 6.45) is 6.39. The Balaban J connectivity index is 0.953. The second-order valence-corrected chi connectivity index (χ2v) is 16.5. The predicted molar refractivity (Wildman–Crippen MR) is 227 cm³/mol. The lowest BCUT2D eigenvalue weighted by atomic mass is 9.90. The third kappa shape index (κ3) is 8.71. The molecule has 0 saturated carbocycles. The second-order valence-electron chi connectivity index (χ2n) is 16.5. The van der Waals surface area contributed by atoms with E-state index in [1.807, 2.05) is 55.1 Å². The molecule has 3 aromatic heterocycles. The van der Waals surface area contributed by atoms with E-state index in [0.29, 0.717) is 79.7 Å². The molecule has 5 aromatic rings. The van der Waals surface area contributed by atoms with Crippen LogP contribution in [0.4, 0.5) is 14.0 Å². The minimum absolute atomic E-state index is 0.0528. The van der Waals surface area contributed by atoms with E-state index in [0.717, 1.165) is 41.4 Å². The highest BCUT2D eigenvalue weighted by atomic mass is 19.1. The van der Waals surface area contributed by atoms with Gasteiger partial charge in [0.1, 0.15) is 29.5 Å². The van der Waals surface area contributed by atoms with Gasteiger partial charge >= 0.3 is 12.2 Å². The van der Waals surface area contributed by atoms with E-state index < -0.39 is 30.1 Å². The van der Waals surface area contributed by atoms with Gasteiger partial charge in [0.05, 0.1) is 61.3 Å². The summed E-state index contributed by atoms with van der Waals surface area (Å²) in [4.78, 5) is 76.2. The van der Waals surface area contributed by atoms with Crippen molar-refractivity contribution in [3.63, 3.8) is 0 Å². The molecule has 16 nitrogen and oxygen atoms in total. The predicted octanol–water partition coefficient (Wildman–Crippen LogP) is 6.68. The van der Waals surface area contributed by atoms with Crippen LogP contribution in [0, 0.1) is 17.7 Å². The van der Waals surface area contributed by atoms with Gasteiger partial charge in [-0.1, -0.05) is 32.0 Å². The van der Waals surface area contributed by atoms with Crippen LogP contribution in [0.3, 0.4) is 0 Å². The Hall–Kier alpha value is -6.36. The Morgan fingerprint density at radius 3 is 2.06 bits per heavy atom. The van der Waals surface area contributed by atoms with E-state index in [9.17, 15) is 19.2 Å². The molecular formula is C45H52FN9O7. The fourth-order valence-electron chi connectivity index (χ4n) is 8.94. The molecule has 6 heterocycles. The molecule has 4 atom stereocenters. The van der Waals surface area contributed by atoms with Crippen LogP contribution in [0.1, 0.15) is 76.1 Å². The minimum atomic E-state index is -0.757. The number of carbonyl (C=O) groups excluding carboxylic acids is 4. The summed E-state index contributed by atoms with van der Waals surface area (Å²) in [7, 11) is 2.55. The van der Waals surface area contributed by atoms with Crippen LogP contribution >= 0.6 is 0 Å². The van der Waals surface area contributed by atoms with Crippen LogP contribution in [-0.2, 0) is 23.8 Å². The van der Waals surface area contributed by atoms with Gasteiger partial charge in [-0.2, -0.15) is 0 Å². The summed E-state index contributed by atoms with van der Waals surface area (Å²) in [6.45, 7) is 5.87. The first kappa shape index (κ1) is 42.3. The van der Waals surface area contributed by atoms with Crippen molar-refractivity contribution < 1.29 is 37.8 Å². The molecule has 2 aromatic carbocycles. The zero-order chi connectivity index (χ0) is 43.5. The number of nitrogens with zero attached hydrogens (tertiary/aromatic N) is 5. The number of pyridine rings is 1. The van der Waals surface area contributed by atoms with Crippen molar-refractivity contribution in [2.75, 3.05) is 40.5 Å². The number of carbonyl (C=O) groups is 4. The molecule has 3 fully saturated rings. The van der Waals surface area contributed by atoms with E-state index in [4.69, 9.17) is 24.2 Å². The molecule has 3 saturated heterocycles. The third-order valence-corrected chi connectivity index (χ3v) is 12.3. The zero-order valence-electron chi connectivity index (χ0n) is 35.3. The van der Waals surface area contributed by atoms with Crippen LogP contribution in [0.5, 0.6) is 0 Å². The SMILES string of the molecule is COC(=O)NC(C(=O)N1CCCC1c1ncc(-c2ccc(-c3ccc4cc(-c5cnc(C6CCCN6C(=O)C(NC(=O)OC)C6CCOCC6)[nH]5)ccc4n3)cc2F)[nH]1)C(C)C. The van der Waals surface area contributed by atoms with Gasteiger partial charge in [0.2, 0.25) is 11.8 Å². The number of fused-ring (bicyclic) bond motifs is 1. The molecule has 62 heavy (non-hydrogen) atoms. The topological polar surface area (TPSA) is 197 Å². The average molecular weight is 850 g/mol. The highest BCUT2D eigenvalue weighted by Gasteiger charge is 2.41. The summed E-state index contributed by atoms with van der Waals surface area (Å²) < 4.78 is 31.0. The molecule has 326 valence electrons. The van der Waals surface area contributed by atoms with Gasteiger partial charge in [0, 0.05) is 48.4 Å². The number of ether oxygens (including phenoxy) is 3. The summed E-state index contributed by atoms with van der Waals surface area (Å²) >= 11 is 0. The smallest absolute Gasteiger partial charge is 0.407 e. The lowest BCUT2D eigenvalue weighted by Gasteiger charge is -2.34. The van der Waals surface area contributed by atoms with Gasteiger partial charge < -0.3 is 44.6 Å². The number of H-pyrrole nitrogens is 2. The van der Waals surface area contributed by atoms with Gasteiger partial charge in [-0.05, 0) is 80.7 Å². The second kappa shape index (κ2) is 18.3. The first-order valence-corrected chi connectivity index (χ1v) is 21.2. The van der Waals surface area contributed by atoms with Crippen LogP contribution < -0.4 is 10.6 Å². The van der Waals surface area contributed by atoms with Crippen LogP contribution in [0.15, 0.2) is 60.9 Å². The van der Waals surface area contributed by atoms with E-state index in [1.54, 1.807) is 23.4 Å². The summed E-state index contributed by atoms with van der Waals surface area (Å²) in [6, 6.07) is 12.6. The summed E-state index contributed by atoms with van der Waals surface area (Å²) in [5.41, 5.74) is 4.46. The number of methoxy groups -OCH3 is 2. The molecule has 0 radical (unpaired) electrons. The Morgan fingerprint density at radius 2 is 1.40 bits per heavy atom. The summed E-state index contributed by atoms with van der Waals surface area (Å²) in [5, 5.41) is 6.33. The van der Waals surface area contributed by atoms with Gasteiger partial charge in [-0.3, -0.25) is 9.59 Å². The van der Waals surface area contributed by atoms with Crippen molar-refractivity contribution in [1.29, 1.82) is 0 Å². The molecule has 3 aliphatic heterocycles. The standard InChI is InChI=1S/C45H52FN9O7/c1-25(2)38(52-44(58)60-3)42(56)54-17-5-8-37(54)41-48-24-35(51-41)30-12-9-29(22-31(30)46)33-13-10-27-21-28(11-14-32(27)49-33)34-23-47-40(50-34)36-7-6-18-55(36)43(57)39(53-45(59)61-4)26-15-19-62-20-16-26/h9-14,21-26,36-39H,5-8,15-20H2,1-4H3,(H,47,50)(H,48,51)(H,52,58)(H,53,59). The van der Waals surface area contributed by atoms with E-state index in [2.05, 4.69) is 25.6 Å². The number of likely N-dealkylation sites (tertiary alicyclic amines) is 2. The number of benzene rings is 2. The molecule has 0 bridgehead atoms. The molecule has 4 unspecified atom stereocenters. The van der Waals surface area contributed by atoms with Gasteiger partial charge in [-0.25, -0.2) is 28.9 Å². The van der Waals surface area contributed by atoms with Gasteiger partial charge in [0.15, 0.2) is 0 Å². The number of hydrogen-bond acceptors (Lipinski definition) is 10. The van der Waals surface area contributed by atoms with Gasteiger partial charge in [-0.15, -0.1) is 0 Å².